The number of pyridine rings is 1. The molecule has 106 valence electrons. The summed E-state index contributed by atoms with van der Waals surface area (Å²) >= 11 is 5.32. The molecule has 0 saturated carbocycles. The third kappa shape index (κ3) is 2.71. The van der Waals surface area contributed by atoms with Gasteiger partial charge in [0.25, 0.3) is 0 Å². The zero-order valence-corrected chi connectivity index (χ0v) is 12.3. The van der Waals surface area contributed by atoms with Crippen molar-refractivity contribution >= 4 is 12.2 Å². The van der Waals surface area contributed by atoms with Crippen molar-refractivity contribution in [3.05, 3.63) is 53.4 Å². The maximum atomic E-state index is 5.35. The van der Waals surface area contributed by atoms with Crippen LogP contribution in [0, 0.1) is 4.77 Å². The van der Waals surface area contributed by atoms with Crippen LogP contribution in [0.5, 0.6) is 5.88 Å². The first-order chi connectivity index (χ1) is 10.3. The monoisotopic (exact) mass is 298 g/mol. The molecule has 0 saturated heterocycles. The van der Waals surface area contributed by atoms with Crippen LogP contribution in [0.3, 0.4) is 0 Å². The van der Waals surface area contributed by atoms with Crippen molar-refractivity contribution in [3.63, 3.8) is 0 Å². The Hall–Kier alpha value is -2.47. The van der Waals surface area contributed by atoms with Gasteiger partial charge in [0.15, 0.2) is 10.6 Å². The van der Waals surface area contributed by atoms with Crippen LogP contribution in [0.15, 0.2) is 48.7 Å². The van der Waals surface area contributed by atoms with E-state index in [0.717, 1.165) is 17.1 Å². The molecule has 0 bridgehead atoms. The molecule has 0 atom stereocenters. The molecule has 0 unspecified atom stereocenters. The fourth-order valence-electron chi connectivity index (χ4n) is 2.06. The van der Waals surface area contributed by atoms with Crippen LogP contribution >= 0.6 is 12.2 Å². The molecule has 0 aliphatic rings. The first-order valence-electron chi connectivity index (χ1n) is 6.61. The quantitative estimate of drug-likeness (QED) is 0.750. The molecule has 0 amide bonds. The summed E-state index contributed by atoms with van der Waals surface area (Å²) in [6.07, 6.45) is 1.72. The van der Waals surface area contributed by atoms with E-state index in [4.69, 9.17) is 17.0 Å². The summed E-state index contributed by atoms with van der Waals surface area (Å²) in [4.78, 5) is 4.27. The molecule has 5 nitrogen and oxygen atoms in total. The minimum atomic E-state index is 0.528. The number of aromatic nitrogens is 4. The first kappa shape index (κ1) is 13.5. The molecule has 1 aromatic carbocycles. The third-order valence-electron chi connectivity index (χ3n) is 2.98. The van der Waals surface area contributed by atoms with Crippen molar-refractivity contribution in [1.82, 2.24) is 19.7 Å². The van der Waals surface area contributed by atoms with Gasteiger partial charge in [-0.1, -0.05) is 30.3 Å². The van der Waals surface area contributed by atoms with Crippen LogP contribution in [0.4, 0.5) is 0 Å². The van der Waals surface area contributed by atoms with Crippen molar-refractivity contribution in [3.8, 4) is 23.0 Å². The average Bonchev–Trinajstić information content (AvgIpc) is 2.91. The van der Waals surface area contributed by atoms with E-state index in [0.29, 0.717) is 17.3 Å². The second-order valence-corrected chi connectivity index (χ2v) is 4.73. The SMILES string of the molecule is CCOc1ccc(-n2c(-c3ccccc3)n[nH]c2=S)cn1. The molecule has 1 N–H and O–H groups in total. The van der Waals surface area contributed by atoms with Crippen molar-refractivity contribution in [2.45, 2.75) is 6.92 Å². The number of hydrogen-bond donors (Lipinski definition) is 1. The van der Waals surface area contributed by atoms with Crippen molar-refractivity contribution in [2.24, 2.45) is 0 Å². The van der Waals surface area contributed by atoms with E-state index >= 15 is 0 Å². The molecule has 0 aliphatic heterocycles. The molecule has 0 radical (unpaired) electrons. The number of nitrogens with one attached hydrogen (secondary N) is 1. The van der Waals surface area contributed by atoms with Gasteiger partial charge in [0.05, 0.1) is 18.5 Å². The Morgan fingerprint density at radius 1 is 1.19 bits per heavy atom. The van der Waals surface area contributed by atoms with Gasteiger partial charge in [-0.05, 0) is 25.2 Å². The van der Waals surface area contributed by atoms with E-state index in [1.54, 1.807) is 6.20 Å². The molecule has 0 spiro atoms. The van der Waals surface area contributed by atoms with Crippen molar-refractivity contribution in [2.75, 3.05) is 6.61 Å². The fourth-order valence-corrected chi connectivity index (χ4v) is 2.29. The van der Waals surface area contributed by atoms with Crippen LogP contribution in [0.1, 0.15) is 6.92 Å². The number of H-pyrrole nitrogens is 1. The maximum absolute atomic E-state index is 5.35. The van der Waals surface area contributed by atoms with Crippen molar-refractivity contribution in [1.29, 1.82) is 0 Å². The smallest absolute Gasteiger partial charge is 0.213 e. The highest BCUT2D eigenvalue weighted by Gasteiger charge is 2.10. The summed E-state index contributed by atoms with van der Waals surface area (Å²) in [6.45, 7) is 2.52. The molecule has 2 aromatic heterocycles. The molecular formula is C15H14N4OS. The molecule has 6 heteroatoms. The summed E-state index contributed by atoms with van der Waals surface area (Å²) in [6, 6.07) is 13.6. The van der Waals surface area contributed by atoms with Gasteiger partial charge in [-0.2, -0.15) is 5.10 Å². The fraction of sp³-hybridized carbons (Fsp3) is 0.133. The van der Waals surface area contributed by atoms with Gasteiger partial charge in [0, 0.05) is 11.6 Å². The van der Waals surface area contributed by atoms with E-state index in [1.807, 2.05) is 54.0 Å². The summed E-state index contributed by atoms with van der Waals surface area (Å²) in [5, 5.41) is 7.14. The standard InChI is InChI=1S/C15H14N4OS/c1-2-20-13-9-8-12(10-16-13)19-14(17-18-15(19)21)11-6-4-3-5-7-11/h3-10H,2H2,1H3,(H,18,21). The van der Waals surface area contributed by atoms with E-state index in [1.165, 1.54) is 0 Å². The lowest BCUT2D eigenvalue weighted by Gasteiger charge is -2.07. The summed E-state index contributed by atoms with van der Waals surface area (Å²) in [7, 11) is 0. The predicted octanol–water partition coefficient (Wildman–Crippen LogP) is 3.39. The van der Waals surface area contributed by atoms with Gasteiger partial charge in [0.2, 0.25) is 5.88 Å². The largest absolute Gasteiger partial charge is 0.478 e. The third-order valence-corrected chi connectivity index (χ3v) is 3.25. The molecule has 3 rings (SSSR count). The average molecular weight is 298 g/mol. The van der Waals surface area contributed by atoms with E-state index < -0.39 is 0 Å². The normalized spacial score (nSPS) is 10.5. The Morgan fingerprint density at radius 3 is 2.67 bits per heavy atom. The van der Waals surface area contributed by atoms with E-state index in [9.17, 15) is 0 Å². The first-order valence-corrected chi connectivity index (χ1v) is 7.02. The van der Waals surface area contributed by atoms with E-state index in [-0.39, 0.29) is 0 Å². The molecule has 21 heavy (non-hydrogen) atoms. The predicted molar refractivity (Wildman–Crippen MR) is 83.1 cm³/mol. The van der Waals surface area contributed by atoms with Crippen LogP contribution in [0.25, 0.3) is 17.1 Å². The zero-order valence-electron chi connectivity index (χ0n) is 11.5. The second-order valence-electron chi connectivity index (χ2n) is 4.34. The molecule has 0 fully saturated rings. The molecule has 0 aliphatic carbocycles. The zero-order chi connectivity index (χ0) is 14.7. The Balaban J connectivity index is 2.06. The van der Waals surface area contributed by atoms with Gasteiger partial charge in [-0.15, -0.1) is 0 Å². The Labute approximate surface area is 127 Å². The number of benzene rings is 1. The van der Waals surface area contributed by atoms with Gasteiger partial charge >= 0.3 is 0 Å². The molecule has 3 aromatic rings. The Kier molecular flexibility index (Phi) is 3.79. The highest BCUT2D eigenvalue weighted by Crippen LogP contribution is 2.21. The molecule has 2 heterocycles. The highest BCUT2D eigenvalue weighted by molar-refractivity contribution is 7.71. The topological polar surface area (TPSA) is 55.7 Å². The van der Waals surface area contributed by atoms with Crippen LogP contribution in [0.2, 0.25) is 0 Å². The van der Waals surface area contributed by atoms with Crippen molar-refractivity contribution < 1.29 is 4.74 Å². The number of aromatic amines is 1. The van der Waals surface area contributed by atoms with Crippen LogP contribution in [-0.2, 0) is 0 Å². The number of ether oxygens (including phenoxy) is 1. The van der Waals surface area contributed by atoms with Gasteiger partial charge < -0.3 is 4.74 Å². The molecular weight excluding hydrogens is 284 g/mol. The minimum Gasteiger partial charge on any atom is -0.478 e. The maximum Gasteiger partial charge on any atom is 0.213 e. The Morgan fingerprint density at radius 2 is 2.00 bits per heavy atom. The lowest BCUT2D eigenvalue weighted by Crippen LogP contribution is -2.00. The van der Waals surface area contributed by atoms with Gasteiger partial charge in [-0.3, -0.25) is 9.67 Å². The number of rotatable bonds is 4. The lowest BCUT2D eigenvalue weighted by atomic mass is 10.2. The van der Waals surface area contributed by atoms with Gasteiger partial charge in [-0.25, -0.2) is 4.98 Å². The Bertz CT molecular complexity index is 777. The van der Waals surface area contributed by atoms with E-state index in [2.05, 4.69) is 15.2 Å². The van der Waals surface area contributed by atoms with Gasteiger partial charge in [0.1, 0.15) is 0 Å². The summed E-state index contributed by atoms with van der Waals surface area (Å²) in [5.41, 5.74) is 1.83. The van der Waals surface area contributed by atoms with Crippen LogP contribution < -0.4 is 4.74 Å². The van der Waals surface area contributed by atoms with Crippen LogP contribution in [-0.4, -0.2) is 26.4 Å². The summed E-state index contributed by atoms with van der Waals surface area (Å²) in [5.74, 6) is 1.35. The lowest BCUT2D eigenvalue weighted by molar-refractivity contribution is 0.327. The minimum absolute atomic E-state index is 0.528. The summed E-state index contributed by atoms with van der Waals surface area (Å²) < 4.78 is 7.74. The number of nitrogens with zero attached hydrogens (tertiary/aromatic N) is 3. The number of hydrogen-bond acceptors (Lipinski definition) is 4. The highest BCUT2D eigenvalue weighted by atomic mass is 32.1. The second kappa shape index (κ2) is 5.88.